The van der Waals surface area contributed by atoms with Gasteiger partial charge in [-0.3, -0.25) is 0 Å². The fourth-order valence-corrected chi connectivity index (χ4v) is 2.50. The van der Waals surface area contributed by atoms with Gasteiger partial charge in [-0.05, 0) is 38.0 Å². The van der Waals surface area contributed by atoms with Gasteiger partial charge < -0.3 is 10.5 Å². The molecule has 0 saturated carbocycles. The van der Waals surface area contributed by atoms with Gasteiger partial charge in [0.2, 0.25) is 10.0 Å². The van der Waals surface area contributed by atoms with Gasteiger partial charge in [0.1, 0.15) is 0 Å². The number of nitrogens with two attached hydrogens (primary N) is 1. The zero-order valence-corrected chi connectivity index (χ0v) is 11.6. The van der Waals surface area contributed by atoms with Gasteiger partial charge in [-0.15, -0.1) is 0 Å². The van der Waals surface area contributed by atoms with Gasteiger partial charge in [0.25, 0.3) is 0 Å². The normalized spacial score (nSPS) is 11.7. The van der Waals surface area contributed by atoms with E-state index < -0.39 is 10.0 Å². The summed E-state index contributed by atoms with van der Waals surface area (Å²) in [5.74, 6) is 0. The van der Waals surface area contributed by atoms with Crippen molar-refractivity contribution in [2.24, 2.45) is 0 Å². The topological polar surface area (TPSA) is 81.4 Å². The Kier molecular flexibility index (Phi) is 5.58. The van der Waals surface area contributed by atoms with E-state index in [1.165, 1.54) is 6.07 Å². The Morgan fingerprint density at radius 3 is 2.72 bits per heavy atom. The predicted octanol–water partition coefficient (Wildman–Crippen LogP) is 1.28. The molecule has 0 fully saturated rings. The highest BCUT2D eigenvalue weighted by molar-refractivity contribution is 7.89. The second kappa shape index (κ2) is 6.72. The third-order valence-electron chi connectivity index (χ3n) is 2.52. The minimum atomic E-state index is -3.47. The molecular formula is C12H20N2O3S. The summed E-state index contributed by atoms with van der Waals surface area (Å²) in [5, 5.41) is 0. The molecule has 0 bridgehead atoms. The van der Waals surface area contributed by atoms with Gasteiger partial charge in [0.15, 0.2) is 0 Å². The van der Waals surface area contributed by atoms with Crippen molar-refractivity contribution in [3.63, 3.8) is 0 Å². The molecule has 0 aliphatic carbocycles. The summed E-state index contributed by atoms with van der Waals surface area (Å²) in [6.45, 7) is 5.28. The molecule has 1 aromatic carbocycles. The van der Waals surface area contributed by atoms with Crippen molar-refractivity contribution in [2.75, 3.05) is 25.5 Å². The Balaban J connectivity index is 2.60. The second-order valence-electron chi connectivity index (χ2n) is 3.97. The van der Waals surface area contributed by atoms with Crippen LogP contribution in [-0.4, -0.2) is 28.2 Å². The Bertz CT molecular complexity index is 486. The SMILES string of the molecule is CCOCCCNS(=O)(=O)c1ccc(C)c(N)c1. The van der Waals surface area contributed by atoms with Crippen LogP contribution in [-0.2, 0) is 14.8 Å². The molecule has 3 N–H and O–H groups in total. The molecule has 0 radical (unpaired) electrons. The molecule has 6 heteroatoms. The number of rotatable bonds is 7. The number of nitrogen functional groups attached to an aromatic ring is 1. The lowest BCUT2D eigenvalue weighted by Gasteiger charge is -2.08. The minimum Gasteiger partial charge on any atom is -0.398 e. The molecule has 0 unspecified atom stereocenters. The van der Waals surface area contributed by atoms with Crippen molar-refractivity contribution < 1.29 is 13.2 Å². The molecule has 1 aromatic rings. The minimum absolute atomic E-state index is 0.196. The summed E-state index contributed by atoms with van der Waals surface area (Å²) in [7, 11) is -3.47. The maximum Gasteiger partial charge on any atom is 0.240 e. The first-order valence-corrected chi connectivity index (χ1v) is 7.39. The molecule has 0 amide bonds. The maximum atomic E-state index is 11.9. The molecule has 102 valence electrons. The lowest BCUT2D eigenvalue weighted by Crippen LogP contribution is -2.25. The molecule has 1 rings (SSSR count). The predicted molar refractivity (Wildman–Crippen MR) is 71.9 cm³/mol. The van der Waals surface area contributed by atoms with Crippen molar-refractivity contribution >= 4 is 15.7 Å². The summed E-state index contributed by atoms with van der Waals surface area (Å²) in [4.78, 5) is 0.196. The van der Waals surface area contributed by atoms with E-state index in [-0.39, 0.29) is 4.90 Å². The van der Waals surface area contributed by atoms with E-state index in [1.807, 2.05) is 13.8 Å². The van der Waals surface area contributed by atoms with Crippen molar-refractivity contribution in [1.82, 2.24) is 4.72 Å². The summed E-state index contributed by atoms with van der Waals surface area (Å²) in [5.41, 5.74) is 7.04. The number of anilines is 1. The highest BCUT2D eigenvalue weighted by Crippen LogP contribution is 2.16. The summed E-state index contributed by atoms with van der Waals surface area (Å²) in [6, 6.07) is 4.72. The van der Waals surface area contributed by atoms with Crippen LogP contribution in [0.3, 0.4) is 0 Å². The second-order valence-corrected chi connectivity index (χ2v) is 5.73. The maximum absolute atomic E-state index is 11.9. The molecular weight excluding hydrogens is 252 g/mol. The van der Waals surface area contributed by atoms with Gasteiger partial charge in [-0.1, -0.05) is 6.07 Å². The van der Waals surface area contributed by atoms with E-state index in [9.17, 15) is 8.42 Å². The van der Waals surface area contributed by atoms with E-state index in [2.05, 4.69) is 4.72 Å². The summed E-state index contributed by atoms with van der Waals surface area (Å²) < 4.78 is 31.5. The highest BCUT2D eigenvalue weighted by atomic mass is 32.2. The van der Waals surface area contributed by atoms with Gasteiger partial charge in [-0.2, -0.15) is 0 Å². The van der Waals surface area contributed by atoms with Gasteiger partial charge in [0, 0.05) is 25.4 Å². The van der Waals surface area contributed by atoms with Crippen molar-refractivity contribution in [3.8, 4) is 0 Å². The molecule has 0 atom stereocenters. The molecule has 18 heavy (non-hydrogen) atoms. The molecule has 0 spiro atoms. The zero-order valence-electron chi connectivity index (χ0n) is 10.8. The molecule has 0 heterocycles. The van der Waals surface area contributed by atoms with Crippen molar-refractivity contribution in [2.45, 2.75) is 25.2 Å². The van der Waals surface area contributed by atoms with Gasteiger partial charge >= 0.3 is 0 Å². The van der Waals surface area contributed by atoms with E-state index in [4.69, 9.17) is 10.5 Å². The number of nitrogens with one attached hydrogen (secondary N) is 1. The quantitative estimate of drug-likeness (QED) is 0.579. The standard InChI is InChI=1S/C12H20N2O3S/c1-3-17-8-4-7-14-18(15,16)11-6-5-10(2)12(13)9-11/h5-6,9,14H,3-4,7-8,13H2,1-2H3. The lowest BCUT2D eigenvalue weighted by atomic mass is 10.2. The fourth-order valence-electron chi connectivity index (χ4n) is 1.39. The fraction of sp³-hybridized carbons (Fsp3) is 0.500. The summed E-state index contributed by atoms with van der Waals surface area (Å²) in [6.07, 6.45) is 0.647. The van der Waals surface area contributed by atoms with E-state index in [0.717, 1.165) is 5.56 Å². The Labute approximate surface area is 108 Å². The van der Waals surface area contributed by atoms with Crippen LogP contribution in [0.2, 0.25) is 0 Å². The Morgan fingerprint density at radius 1 is 1.39 bits per heavy atom. The van der Waals surface area contributed by atoms with Crippen molar-refractivity contribution in [1.29, 1.82) is 0 Å². The third-order valence-corrected chi connectivity index (χ3v) is 3.98. The van der Waals surface area contributed by atoms with E-state index >= 15 is 0 Å². The van der Waals surface area contributed by atoms with Crippen LogP contribution in [0.1, 0.15) is 18.9 Å². The number of hydrogen-bond acceptors (Lipinski definition) is 4. The monoisotopic (exact) mass is 272 g/mol. The summed E-state index contributed by atoms with van der Waals surface area (Å²) >= 11 is 0. The van der Waals surface area contributed by atoms with Gasteiger partial charge in [-0.25, -0.2) is 13.1 Å². The molecule has 0 aromatic heterocycles. The van der Waals surface area contributed by atoms with Crippen LogP contribution in [0.4, 0.5) is 5.69 Å². The molecule has 0 aliphatic heterocycles. The first kappa shape index (κ1) is 14.9. The first-order chi connectivity index (χ1) is 8.47. The highest BCUT2D eigenvalue weighted by Gasteiger charge is 2.13. The third kappa shape index (κ3) is 4.29. The van der Waals surface area contributed by atoms with E-state index in [0.29, 0.717) is 31.9 Å². The molecule has 5 nitrogen and oxygen atoms in total. The number of aryl methyl sites for hydroxylation is 1. The van der Waals surface area contributed by atoms with Crippen molar-refractivity contribution in [3.05, 3.63) is 23.8 Å². The van der Waals surface area contributed by atoms with Crippen LogP contribution in [0.15, 0.2) is 23.1 Å². The average molecular weight is 272 g/mol. The largest absolute Gasteiger partial charge is 0.398 e. The van der Waals surface area contributed by atoms with Crippen LogP contribution in [0.25, 0.3) is 0 Å². The van der Waals surface area contributed by atoms with Crippen LogP contribution >= 0.6 is 0 Å². The van der Waals surface area contributed by atoms with Gasteiger partial charge in [0.05, 0.1) is 4.90 Å². The number of benzene rings is 1. The Morgan fingerprint density at radius 2 is 2.11 bits per heavy atom. The smallest absolute Gasteiger partial charge is 0.240 e. The molecule has 0 aliphatic rings. The Hall–Kier alpha value is -1.11. The average Bonchev–Trinajstić information content (AvgIpc) is 2.32. The van der Waals surface area contributed by atoms with Crippen LogP contribution in [0.5, 0.6) is 0 Å². The zero-order chi connectivity index (χ0) is 13.6. The molecule has 0 saturated heterocycles. The number of sulfonamides is 1. The number of ether oxygens (including phenoxy) is 1. The van der Waals surface area contributed by atoms with Crippen LogP contribution in [0, 0.1) is 6.92 Å². The number of hydrogen-bond donors (Lipinski definition) is 2. The lowest BCUT2D eigenvalue weighted by molar-refractivity contribution is 0.146. The van der Waals surface area contributed by atoms with Crippen LogP contribution < -0.4 is 10.5 Å². The van der Waals surface area contributed by atoms with E-state index in [1.54, 1.807) is 12.1 Å². The first-order valence-electron chi connectivity index (χ1n) is 5.91.